The molecule has 1 saturated carbocycles. The van der Waals surface area contributed by atoms with Crippen LogP contribution in [0.5, 0.6) is 0 Å². The van der Waals surface area contributed by atoms with Gasteiger partial charge in [-0.25, -0.2) is 14.8 Å². The summed E-state index contributed by atoms with van der Waals surface area (Å²) in [4.78, 5) is 21.3. The second kappa shape index (κ2) is 15.3. The van der Waals surface area contributed by atoms with Crippen LogP contribution in [0.25, 0.3) is 11.3 Å². The third-order valence-corrected chi connectivity index (χ3v) is 8.24. The highest BCUT2D eigenvalue weighted by molar-refractivity contribution is 5.74. The van der Waals surface area contributed by atoms with Crippen LogP contribution in [-0.2, 0) is 19.0 Å². The fourth-order valence-corrected chi connectivity index (χ4v) is 5.59. The number of pyridine rings is 2. The van der Waals surface area contributed by atoms with E-state index in [0.717, 1.165) is 67.0 Å². The third kappa shape index (κ3) is 8.87. The number of hydrogen-bond donors (Lipinski definition) is 3. The Bertz CT molecular complexity index is 1200. The molecule has 1 aliphatic heterocycles. The Balaban J connectivity index is 1.28. The summed E-state index contributed by atoms with van der Waals surface area (Å²) in [5, 5.41) is 20.5. The van der Waals surface area contributed by atoms with E-state index in [1.165, 1.54) is 0 Å². The standard InChI is InChI=1S/C32H46N6O4/c1-5-41-31(39)24(4)42-19-23(3)36-25-9-11-26(12-10-25)37-30-17-27(22(2)18-34-30)28-7-6-8-29(38-28)35-21-32(20-33)13-15-40-16-14-32/h6-8,17-18,23-26,36H,5,9-16,19,21H2,1-4H3,(H,34,37)(H,35,38)/t23-,24-,25?,26?/m1/s1. The molecule has 0 amide bonds. The topological polar surface area (TPSA) is 130 Å². The summed E-state index contributed by atoms with van der Waals surface area (Å²) in [7, 11) is 0. The van der Waals surface area contributed by atoms with E-state index < -0.39 is 11.5 Å². The van der Waals surface area contributed by atoms with Gasteiger partial charge in [0.05, 0.1) is 30.4 Å². The first-order valence-corrected chi connectivity index (χ1v) is 15.3. The molecule has 1 aliphatic carbocycles. The Morgan fingerprint density at radius 1 is 1.17 bits per heavy atom. The van der Waals surface area contributed by atoms with Gasteiger partial charge in [-0.2, -0.15) is 5.26 Å². The summed E-state index contributed by atoms with van der Waals surface area (Å²) in [5.41, 5.74) is 2.56. The number of nitriles is 1. The van der Waals surface area contributed by atoms with Crippen LogP contribution in [0.15, 0.2) is 30.5 Å². The van der Waals surface area contributed by atoms with Crippen molar-refractivity contribution < 1.29 is 19.0 Å². The van der Waals surface area contributed by atoms with Gasteiger partial charge in [-0.3, -0.25) is 0 Å². The van der Waals surface area contributed by atoms with Crippen LogP contribution in [0.2, 0.25) is 0 Å². The number of aryl methyl sites for hydroxylation is 1. The number of hydrogen-bond acceptors (Lipinski definition) is 10. The second-order valence-electron chi connectivity index (χ2n) is 11.6. The molecule has 2 fully saturated rings. The molecule has 10 heteroatoms. The molecule has 10 nitrogen and oxygen atoms in total. The number of ether oxygens (including phenoxy) is 3. The first-order chi connectivity index (χ1) is 20.3. The van der Waals surface area contributed by atoms with Gasteiger partial charge >= 0.3 is 5.97 Å². The molecule has 2 aromatic rings. The minimum Gasteiger partial charge on any atom is -0.464 e. The zero-order chi connectivity index (χ0) is 30.0. The fourth-order valence-electron chi connectivity index (χ4n) is 5.59. The van der Waals surface area contributed by atoms with Crippen LogP contribution in [0.4, 0.5) is 11.6 Å². The number of esters is 1. The van der Waals surface area contributed by atoms with Gasteiger partial charge in [-0.05, 0) is 90.0 Å². The second-order valence-corrected chi connectivity index (χ2v) is 11.6. The molecule has 1 saturated heterocycles. The lowest BCUT2D eigenvalue weighted by Gasteiger charge is -2.32. The quantitative estimate of drug-likeness (QED) is 0.284. The average molecular weight is 579 g/mol. The molecular formula is C32H46N6O4. The van der Waals surface area contributed by atoms with Gasteiger partial charge in [0.1, 0.15) is 11.6 Å². The minimum absolute atomic E-state index is 0.151. The molecule has 0 unspecified atom stereocenters. The SMILES string of the molecule is CCOC(=O)[C@@H](C)OC[C@@H](C)NC1CCC(Nc2cc(-c3cccc(NCC4(C#N)CCOCC4)n3)c(C)cn2)CC1. The molecule has 3 heterocycles. The van der Waals surface area contributed by atoms with Crippen molar-refractivity contribution in [2.45, 2.75) is 90.4 Å². The average Bonchev–Trinajstić information content (AvgIpc) is 3.01. The van der Waals surface area contributed by atoms with E-state index >= 15 is 0 Å². The lowest BCUT2D eigenvalue weighted by molar-refractivity contribution is -0.155. The van der Waals surface area contributed by atoms with Gasteiger partial charge in [-0.15, -0.1) is 0 Å². The summed E-state index contributed by atoms with van der Waals surface area (Å²) in [5.74, 6) is 1.30. The van der Waals surface area contributed by atoms with Crippen LogP contribution >= 0.6 is 0 Å². The number of aromatic nitrogens is 2. The van der Waals surface area contributed by atoms with Gasteiger partial charge in [-0.1, -0.05) is 6.07 Å². The van der Waals surface area contributed by atoms with Gasteiger partial charge in [0, 0.05) is 49.6 Å². The van der Waals surface area contributed by atoms with Crippen molar-refractivity contribution in [3.05, 3.63) is 36.0 Å². The molecule has 2 aromatic heterocycles. The van der Waals surface area contributed by atoms with Crippen molar-refractivity contribution in [1.29, 1.82) is 5.26 Å². The van der Waals surface area contributed by atoms with Crippen molar-refractivity contribution in [3.8, 4) is 17.3 Å². The van der Waals surface area contributed by atoms with Gasteiger partial charge in [0.15, 0.2) is 6.10 Å². The number of nitrogens with one attached hydrogen (secondary N) is 3. The lowest BCUT2D eigenvalue weighted by atomic mass is 9.82. The first kappa shape index (κ1) is 31.7. The van der Waals surface area contributed by atoms with Crippen LogP contribution in [0, 0.1) is 23.7 Å². The maximum atomic E-state index is 11.8. The zero-order valence-electron chi connectivity index (χ0n) is 25.4. The minimum atomic E-state index is -0.553. The van der Waals surface area contributed by atoms with E-state index in [1.807, 2.05) is 24.4 Å². The summed E-state index contributed by atoms with van der Waals surface area (Å²) >= 11 is 0. The van der Waals surface area contributed by atoms with E-state index in [2.05, 4.69) is 46.9 Å². The largest absolute Gasteiger partial charge is 0.464 e. The molecule has 228 valence electrons. The highest BCUT2D eigenvalue weighted by Gasteiger charge is 2.32. The first-order valence-electron chi connectivity index (χ1n) is 15.3. The summed E-state index contributed by atoms with van der Waals surface area (Å²) < 4.78 is 16.2. The van der Waals surface area contributed by atoms with Crippen molar-refractivity contribution in [2.75, 3.05) is 43.6 Å². The molecule has 0 spiro atoms. The maximum Gasteiger partial charge on any atom is 0.334 e. The van der Waals surface area contributed by atoms with Crippen LogP contribution in [0.3, 0.4) is 0 Å². The summed E-state index contributed by atoms with van der Waals surface area (Å²) in [6.45, 7) is 10.3. The highest BCUT2D eigenvalue weighted by atomic mass is 16.6. The molecular weight excluding hydrogens is 532 g/mol. The van der Waals surface area contributed by atoms with Gasteiger partial charge in [0.25, 0.3) is 0 Å². The van der Waals surface area contributed by atoms with Crippen LogP contribution < -0.4 is 16.0 Å². The lowest BCUT2D eigenvalue weighted by Crippen LogP contribution is -2.43. The monoisotopic (exact) mass is 578 g/mol. The van der Waals surface area contributed by atoms with Crippen LogP contribution in [0.1, 0.15) is 64.9 Å². The number of carbonyl (C=O) groups is 1. The summed E-state index contributed by atoms with van der Waals surface area (Å²) in [6.07, 6.45) is 7.00. The highest BCUT2D eigenvalue weighted by Crippen LogP contribution is 2.31. The Morgan fingerprint density at radius 2 is 1.90 bits per heavy atom. The predicted octanol–water partition coefficient (Wildman–Crippen LogP) is 4.85. The molecule has 4 rings (SSSR count). The molecule has 2 aliphatic rings. The van der Waals surface area contributed by atoms with Crippen LogP contribution in [-0.4, -0.2) is 73.1 Å². The zero-order valence-corrected chi connectivity index (χ0v) is 25.4. The van der Waals surface area contributed by atoms with E-state index in [9.17, 15) is 10.1 Å². The number of nitrogens with zero attached hydrogens (tertiary/aromatic N) is 3. The Labute approximate surface area is 249 Å². The van der Waals surface area contributed by atoms with E-state index in [4.69, 9.17) is 19.2 Å². The van der Waals surface area contributed by atoms with Gasteiger partial charge < -0.3 is 30.2 Å². The summed E-state index contributed by atoms with van der Waals surface area (Å²) in [6, 6.07) is 11.5. The Kier molecular flexibility index (Phi) is 11.5. The molecule has 0 bridgehead atoms. The van der Waals surface area contributed by atoms with Crippen molar-refractivity contribution in [3.63, 3.8) is 0 Å². The number of rotatable bonds is 13. The number of anilines is 2. The molecule has 42 heavy (non-hydrogen) atoms. The molecule has 2 atom stereocenters. The molecule has 3 N–H and O–H groups in total. The fraction of sp³-hybridized carbons (Fsp3) is 0.625. The molecule has 0 aromatic carbocycles. The van der Waals surface area contributed by atoms with Crippen molar-refractivity contribution >= 4 is 17.6 Å². The smallest absolute Gasteiger partial charge is 0.334 e. The molecule has 0 radical (unpaired) electrons. The normalized spacial score (nSPS) is 21.5. The predicted molar refractivity (Wildman–Crippen MR) is 163 cm³/mol. The maximum absolute atomic E-state index is 11.8. The Morgan fingerprint density at radius 3 is 2.62 bits per heavy atom. The van der Waals surface area contributed by atoms with Crippen molar-refractivity contribution in [1.82, 2.24) is 15.3 Å². The van der Waals surface area contributed by atoms with E-state index in [-0.39, 0.29) is 12.0 Å². The van der Waals surface area contributed by atoms with E-state index in [1.54, 1.807) is 13.8 Å². The number of carbonyl (C=O) groups excluding carboxylic acids is 1. The van der Waals surface area contributed by atoms with E-state index in [0.29, 0.717) is 45.1 Å². The van der Waals surface area contributed by atoms with Gasteiger partial charge in [0.2, 0.25) is 0 Å². The third-order valence-electron chi connectivity index (χ3n) is 8.24. The Hall–Kier alpha value is -3.26. The van der Waals surface area contributed by atoms with Crippen molar-refractivity contribution in [2.24, 2.45) is 5.41 Å².